The number of rotatable bonds is 9. The highest BCUT2D eigenvalue weighted by atomic mass is 32.2. The van der Waals surface area contributed by atoms with Crippen molar-refractivity contribution in [3.8, 4) is 5.75 Å². The smallest absolute Gasteiger partial charge is 0.326 e. The summed E-state index contributed by atoms with van der Waals surface area (Å²) in [6, 6.07) is 6.67. The molecule has 0 aliphatic carbocycles. The molecule has 0 aromatic heterocycles. The Hall–Kier alpha value is -1.69. The van der Waals surface area contributed by atoms with Gasteiger partial charge in [-0.3, -0.25) is 4.79 Å². The van der Waals surface area contributed by atoms with Gasteiger partial charge < -0.3 is 15.2 Å². The van der Waals surface area contributed by atoms with Crippen LogP contribution in [0.3, 0.4) is 0 Å². The van der Waals surface area contributed by atoms with Crippen LogP contribution in [0.2, 0.25) is 0 Å². The third-order valence-corrected chi connectivity index (χ3v) is 3.69. The molecule has 5 nitrogen and oxygen atoms in total. The average Bonchev–Trinajstić information content (AvgIpc) is 2.49. The Morgan fingerprint density at radius 1 is 1.33 bits per heavy atom. The van der Waals surface area contributed by atoms with Crippen LogP contribution in [0.15, 0.2) is 24.3 Å². The molecule has 1 atom stereocenters. The molecule has 2 N–H and O–H groups in total. The van der Waals surface area contributed by atoms with E-state index in [1.54, 1.807) is 18.9 Å². The predicted octanol–water partition coefficient (Wildman–Crippen LogP) is 1.95. The van der Waals surface area contributed by atoms with E-state index in [0.29, 0.717) is 18.6 Å². The first-order chi connectivity index (χ1) is 10.1. The molecule has 1 aromatic rings. The second-order valence-corrected chi connectivity index (χ2v) is 5.57. The van der Waals surface area contributed by atoms with Crippen molar-refractivity contribution in [1.29, 1.82) is 0 Å². The SMILES string of the molecule is COc1ccc(CCC(=O)N[C@@H](CCSC)C(=O)O)cc1. The topological polar surface area (TPSA) is 75.6 Å². The highest BCUT2D eigenvalue weighted by Gasteiger charge is 2.18. The second-order valence-electron chi connectivity index (χ2n) is 4.59. The fourth-order valence-electron chi connectivity index (χ4n) is 1.81. The van der Waals surface area contributed by atoms with E-state index in [9.17, 15) is 9.59 Å². The van der Waals surface area contributed by atoms with Crippen molar-refractivity contribution < 1.29 is 19.4 Å². The summed E-state index contributed by atoms with van der Waals surface area (Å²) in [5.41, 5.74) is 1.02. The van der Waals surface area contributed by atoms with Gasteiger partial charge >= 0.3 is 5.97 Å². The third kappa shape index (κ3) is 6.53. The van der Waals surface area contributed by atoms with E-state index in [1.807, 2.05) is 30.5 Å². The minimum atomic E-state index is -0.984. The van der Waals surface area contributed by atoms with Crippen LogP contribution in [-0.2, 0) is 16.0 Å². The number of carbonyl (C=O) groups excluding carboxylic acids is 1. The first kappa shape index (κ1) is 17.4. The lowest BCUT2D eigenvalue weighted by atomic mass is 10.1. The quantitative estimate of drug-likeness (QED) is 0.729. The molecule has 21 heavy (non-hydrogen) atoms. The number of carboxylic acid groups (broad SMARTS) is 1. The van der Waals surface area contributed by atoms with Crippen LogP contribution in [0, 0.1) is 0 Å². The Morgan fingerprint density at radius 2 is 2.00 bits per heavy atom. The molecule has 0 radical (unpaired) electrons. The number of benzene rings is 1. The number of hydrogen-bond acceptors (Lipinski definition) is 4. The maximum atomic E-state index is 11.8. The van der Waals surface area contributed by atoms with Gasteiger partial charge in [-0.1, -0.05) is 12.1 Å². The molecule has 116 valence electrons. The summed E-state index contributed by atoms with van der Waals surface area (Å²) in [4.78, 5) is 22.9. The molecular weight excluding hydrogens is 290 g/mol. The second kappa shape index (κ2) is 9.28. The largest absolute Gasteiger partial charge is 0.497 e. The highest BCUT2D eigenvalue weighted by Crippen LogP contribution is 2.12. The third-order valence-electron chi connectivity index (χ3n) is 3.04. The molecule has 1 aromatic carbocycles. The van der Waals surface area contributed by atoms with Crippen molar-refractivity contribution in [2.75, 3.05) is 19.1 Å². The average molecular weight is 311 g/mol. The Labute approximate surface area is 129 Å². The van der Waals surface area contributed by atoms with Crippen LogP contribution in [0.1, 0.15) is 18.4 Å². The van der Waals surface area contributed by atoms with E-state index in [4.69, 9.17) is 9.84 Å². The number of carboxylic acids is 1. The zero-order valence-corrected chi connectivity index (χ0v) is 13.1. The molecule has 0 aliphatic rings. The summed E-state index contributed by atoms with van der Waals surface area (Å²) in [5, 5.41) is 11.6. The molecule has 0 saturated heterocycles. The number of ether oxygens (including phenoxy) is 1. The summed E-state index contributed by atoms with van der Waals surface area (Å²) in [6.45, 7) is 0. The van der Waals surface area contributed by atoms with Gasteiger partial charge in [0.25, 0.3) is 0 Å². The zero-order chi connectivity index (χ0) is 15.7. The molecule has 6 heteroatoms. The van der Waals surface area contributed by atoms with Gasteiger partial charge in [0.05, 0.1) is 7.11 Å². The maximum absolute atomic E-state index is 11.8. The summed E-state index contributed by atoms with van der Waals surface area (Å²) >= 11 is 1.56. The predicted molar refractivity (Wildman–Crippen MR) is 83.9 cm³/mol. The van der Waals surface area contributed by atoms with Crippen molar-refractivity contribution in [1.82, 2.24) is 5.32 Å². The summed E-state index contributed by atoms with van der Waals surface area (Å²) in [6.07, 6.45) is 3.19. The van der Waals surface area contributed by atoms with Crippen LogP contribution in [-0.4, -0.2) is 42.1 Å². The number of carbonyl (C=O) groups is 2. The van der Waals surface area contributed by atoms with Gasteiger partial charge in [-0.05, 0) is 42.5 Å². The number of aliphatic carboxylic acids is 1. The van der Waals surface area contributed by atoms with E-state index in [-0.39, 0.29) is 12.3 Å². The monoisotopic (exact) mass is 311 g/mol. The van der Waals surface area contributed by atoms with Crippen molar-refractivity contribution in [3.05, 3.63) is 29.8 Å². The number of nitrogens with one attached hydrogen (secondary N) is 1. The normalized spacial score (nSPS) is 11.7. The fourth-order valence-corrected chi connectivity index (χ4v) is 2.28. The lowest BCUT2D eigenvalue weighted by molar-refractivity contribution is -0.141. The van der Waals surface area contributed by atoms with Crippen LogP contribution in [0.5, 0.6) is 5.75 Å². The lowest BCUT2D eigenvalue weighted by Gasteiger charge is -2.13. The lowest BCUT2D eigenvalue weighted by Crippen LogP contribution is -2.41. The molecule has 1 amide bonds. The first-order valence-corrected chi connectivity index (χ1v) is 8.10. The number of thioether (sulfide) groups is 1. The van der Waals surface area contributed by atoms with Gasteiger partial charge in [-0.25, -0.2) is 4.79 Å². The molecule has 0 heterocycles. The Morgan fingerprint density at radius 3 is 2.52 bits per heavy atom. The van der Waals surface area contributed by atoms with Crippen LogP contribution in [0.4, 0.5) is 0 Å². The van der Waals surface area contributed by atoms with Gasteiger partial charge in [0.1, 0.15) is 11.8 Å². The van der Waals surface area contributed by atoms with Gasteiger partial charge in [0.15, 0.2) is 0 Å². The van der Waals surface area contributed by atoms with Gasteiger partial charge in [-0.2, -0.15) is 11.8 Å². The first-order valence-electron chi connectivity index (χ1n) is 6.71. The van der Waals surface area contributed by atoms with Crippen molar-refractivity contribution in [2.24, 2.45) is 0 Å². The van der Waals surface area contributed by atoms with Gasteiger partial charge in [0, 0.05) is 6.42 Å². The Kier molecular flexibility index (Phi) is 7.68. The highest BCUT2D eigenvalue weighted by molar-refractivity contribution is 7.98. The van der Waals surface area contributed by atoms with E-state index in [2.05, 4.69) is 5.32 Å². The molecule has 0 spiro atoms. The van der Waals surface area contributed by atoms with E-state index in [1.165, 1.54) is 0 Å². The van der Waals surface area contributed by atoms with Crippen LogP contribution < -0.4 is 10.1 Å². The molecular formula is C15H21NO4S. The molecule has 1 rings (SSSR count). The van der Waals surface area contributed by atoms with Gasteiger partial charge in [-0.15, -0.1) is 0 Å². The number of methoxy groups -OCH3 is 1. The van der Waals surface area contributed by atoms with Crippen molar-refractivity contribution in [3.63, 3.8) is 0 Å². The number of hydrogen-bond donors (Lipinski definition) is 2. The maximum Gasteiger partial charge on any atom is 0.326 e. The molecule has 0 unspecified atom stereocenters. The fraction of sp³-hybridized carbons (Fsp3) is 0.467. The minimum Gasteiger partial charge on any atom is -0.497 e. The summed E-state index contributed by atoms with van der Waals surface area (Å²) < 4.78 is 5.06. The molecule has 0 fully saturated rings. The van der Waals surface area contributed by atoms with Crippen molar-refractivity contribution in [2.45, 2.75) is 25.3 Å². The number of aryl methyl sites for hydroxylation is 1. The van der Waals surface area contributed by atoms with Crippen molar-refractivity contribution >= 4 is 23.6 Å². The van der Waals surface area contributed by atoms with Crippen LogP contribution in [0.25, 0.3) is 0 Å². The Bertz CT molecular complexity index is 461. The van der Waals surface area contributed by atoms with Gasteiger partial charge in [0.2, 0.25) is 5.91 Å². The van der Waals surface area contributed by atoms with E-state index < -0.39 is 12.0 Å². The summed E-state index contributed by atoms with van der Waals surface area (Å²) in [5.74, 6) is 0.253. The standard InChI is InChI=1S/C15H21NO4S/c1-20-12-6-3-11(4-7-12)5-8-14(17)16-13(15(18)19)9-10-21-2/h3-4,6-7,13H,5,8-10H2,1-2H3,(H,16,17)(H,18,19)/t13-/m0/s1. The minimum absolute atomic E-state index is 0.237. The van der Waals surface area contributed by atoms with E-state index in [0.717, 1.165) is 11.3 Å². The molecule has 0 bridgehead atoms. The van der Waals surface area contributed by atoms with Crippen LogP contribution >= 0.6 is 11.8 Å². The zero-order valence-electron chi connectivity index (χ0n) is 12.3. The van der Waals surface area contributed by atoms with E-state index >= 15 is 0 Å². The number of amides is 1. The molecule has 0 saturated carbocycles. The Balaban J connectivity index is 2.42. The molecule has 0 aliphatic heterocycles. The summed E-state index contributed by atoms with van der Waals surface area (Å²) in [7, 11) is 1.60.